The summed E-state index contributed by atoms with van der Waals surface area (Å²) in [6.07, 6.45) is 0.231. The van der Waals surface area contributed by atoms with Gasteiger partial charge >= 0.3 is 24.3 Å². The number of rotatable bonds is 5. The van der Waals surface area contributed by atoms with Crippen LogP contribution in [0, 0.1) is 0 Å². The molecule has 0 saturated heterocycles. The fraction of sp³-hybridized carbons (Fsp3) is 0.440. The normalized spacial score (nSPS) is 19.4. The number of pyridine rings is 1. The first-order chi connectivity index (χ1) is 18.3. The molecule has 14 heteroatoms. The lowest BCUT2D eigenvalue weighted by Gasteiger charge is -2.22. The van der Waals surface area contributed by atoms with Crippen molar-refractivity contribution < 1.29 is 50.9 Å². The van der Waals surface area contributed by atoms with Crippen molar-refractivity contribution in [3.63, 3.8) is 0 Å². The van der Waals surface area contributed by atoms with Gasteiger partial charge in [-0.05, 0) is 30.0 Å². The largest absolute Gasteiger partial charge is 0.490 e. The topological polar surface area (TPSA) is 121 Å². The molecule has 3 N–H and O–H groups in total. The van der Waals surface area contributed by atoms with Gasteiger partial charge in [0.2, 0.25) is 0 Å². The summed E-state index contributed by atoms with van der Waals surface area (Å²) in [5.41, 5.74) is 2.38. The molecule has 1 aliphatic heterocycles. The van der Waals surface area contributed by atoms with Gasteiger partial charge in [0.05, 0.1) is 12.1 Å². The molecule has 1 aliphatic carbocycles. The first kappa shape index (κ1) is 31.5. The van der Waals surface area contributed by atoms with Gasteiger partial charge in [-0.1, -0.05) is 55.7 Å². The Balaban J connectivity index is 0.000000317. The Kier molecular flexibility index (Phi) is 11.7. The molecule has 39 heavy (non-hydrogen) atoms. The molecule has 1 aromatic heterocycles. The summed E-state index contributed by atoms with van der Waals surface area (Å²) in [7, 11) is 0. The van der Waals surface area contributed by atoms with Gasteiger partial charge in [-0.2, -0.15) is 26.3 Å². The van der Waals surface area contributed by atoms with Crippen LogP contribution in [-0.2, 0) is 14.3 Å². The zero-order valence-electron chi connectivity index (χ0n) is 20.5. The van der Waals surface area contributed by atoms with Crippen molar-refractivity contribution in [1.82, 2.24) is 10.3 Å². The summed E-state index contributed by atoms with van der Waals surface area (Å²) in [6, 6.07) is 14.8. The zero-order chi connectivity index (χ0) is 29.1. The van der Waals surface area contributed by atoms with Gasteiger partial charge in [0.25, 0.3) is 0 Å². The van der Waals surface area contributed by atoms with Crippen molar-refractivity contribution in [2.45, 2.75) is 62.6 Å². The summed E-state index contributed by atoms with van der Waals surface area (Å²) < 4.78 is 69.6. The van der Waals surface area contributed by atoms with Crippen LogP contribution in [0.2, 0.25) is 0 Å². The minimum atomic E-state index is -5.08. The van der Waals surface area contributed by atoms with Crippen molar-refractivity contribution in [3.05, 3.63) is 66.0 Å². The molecule has 0 radical (unpaired) electrons. The molecule has 0 bridgehead atoms. The molecule has 2 aliphatic rings. The van der Waals surface area contributed by atoms with Crippen LogP contribution in [0.5, 0.6) is 0 Å². The van der Waals surface area contributed by atoms with E-state index in [2.05, 4.69) is 40.6 Å². The standard InChI is InChI=1S/C21H25N3O.2C2HF3O2/c1-3-8-16(9-4-1)20-21(17-10-7-13-22-14-17)24-19(23-20)15-25-18-11-5-2-6-12-18;2*3-2(4,5)1(6)7/h1,3-4,7-10,13-14,18,20-21H,2,5-6,11-12,15H2,(H,23,24);2*(H,6,7)/t20-,21+;;/m0../s1. The van der Waals surface area contributed by atoms with Crippen molar-refractivity contribution >= 4 is 17.8 Å². The number of carboxylic acid groups (broad SMARTS) is 2. The number of alkyl halides is 6. The van der Waals surface area contributed by atoms with Crippen molar-refractivity contribution in [3.8, 4) is 0 Å². The van der Waals surface area contributed by atoms with Crippen LogP contribution in [0.25, 0.3) is 0 Å². The maximum atomic E-state index is 10.6. The summed E-state index contributed by atoms with van der Waals surface area (Å²) in [5.74, 6) is -4.56. The number of amidine groups is 1. The lowest BCUT2D eigenvalue weighted by molar-refractivity contribution is -0.193. The number of carbonyl (C=O) groups is 2. The number of hydrogen-bond acceptors (Lipinski definition) is 6. The summed E-state index contributed by atoms with van der Waals surface area (Å²) >= 11 is 0. The van der Waals surface area contributed by atoms with Gasteiger partial charge in [-0.25, -0.2) is 9.59 Å². The van der Waals surface area contributed by atoms with Gasteiger partial charge in [-0.15, -0.1) is 0 Å². The van der Waals surface area contributed by atoms with Crippen LogP contribution in [-0.4, -0.2) is 58.0 Å². The molecule has 0 unspecified atom stereocenters. The quantitative estimate of drug-likeness (QED) is 0.412. The Morgan fingerprint density at radius 1 is 0.872 bits per heavy atom. The third-order valence-corrected chi connectivity index (χ3v) is 5.61. The molecule has 1 saturated carbocycles. The fourth-order valence-corrected chi connectivity index (χ4v) is 3.79. The smallest absolute Gasteiger partial charge is 0.475 e. The lowest BCUT2D eigenvalue weighted by atomic mass is 9.96. The Labute approximate surface area is 219 Å². The SMILES string of the molecule is O=C(O)C(F)(F)F.O=C(O)C(F)(F)F.c1ccc([C@@H]2NC(COC3CCCCC3)=N[C@@H]2c2cccnc2)cc1. The minimum Gasteiger partial charge on any atom is -0.475 e. The number of aliphatic carboxylic acids is 2. The van der Waals surface area contributed by atoms with Crippen LogP contribution < -0.4 is 5.32 Å². The number of benzene rings is 1. The molecule has 214 valence electrons. The van der Waals surface area contributed by atoms with Crippen molar-refractivity contribution in [1.29, 1.82) is 0 Å². The van der Waals surface area contributed by atoms with E-state index in [0.717, 1.165) is 11.4 Å². The Bertz CT molecular complexity index is 1050. The summed E-state index contributed by atoms with van der Waals surface area (Å²) in [5, 5.41) is 17.8. The number of carboxylic acids is 2. The zero-order valence-corrected chi connectivity index (χ0v) is 20.5. The van der Waals surface area contributed by atoms with Crippen LogP contribution >= 0.6 is 0 Å². The van der Waals surface area contributed by atoms with Gasteiger partial charge in [-0.3, -0.25) is 9.98 Å². The highest BCUT2D eigenvalue weighted by Crippen LogP contribution is 2.35. The monoisotopic (exact) mass is 563 g/mol. The number of aliphatic imine (C=N–C) groups is 1. The molecular weight excluding hydrogens is 536 g/mol. The van der Waals surface area contributed by atoms with Crippen LogP contribution in [0.1, 0.15) is 55.3 Å². The van der Waals surface area contributed by atoms with Gasteiger partial charge in [0.15, 0.2) is 0 Å². The van der Waals surface area contributed by atoms with Crippen LogP contribution in [0.3, 0.4) is 0 Å². The average Bonchev–Trinajstić information content (AvgIpc) is 3.33. The van der Waals surface area contributed by atoms with E-state index in [1.165, 1.54) is 37.7 Å². The number of nitrogens with zero attached hydrogens (tertiary/aromatic N) is 2. The lowest BCUT2D eigenvalue weighted by Crippen LogP contribution is -2.30. The predicted molar refractivity (Wildman–Crippen MR) is 127 cm³/mol. The van der Waals surface area contributed by atoms with Crippen molar-refractivity contribution in [2.24, 2.45) is 4.99 Å². The predicted octanol–water partition coefficient (Wildman–Crippen LogP) is 5.48. The van der Waals surface area contributed by atoms with E-state index in [1.54, 1.807) is 6.20 Å². The van der Waals surface area contributed by atoms with E-state index >= 15 is 0 Å². The molecule has 1 fully saturated rings. The molecule has 4 rings (SSSR count). The highest BCUT2D eigenvalue weighted by molar-refractivity contribution is 5.86. The third kappa shape index (κ3) is 10.9. The maximum absolute atomic E-state index is 10.6. The number of aromatic nitrogens is 1. The second-order valence-electron chi connectivity index (χ2n) is 8.52. The van der Waals surface area contributed by atoms with E-state index in [1.807, 2.05) is 18.3 Å². The number of nitrogens with one attached hydrogen (secondary N) is 1. The highest BCUT2D eigenvalue weighted by Gasteiger charge is 2.39. The van der Waals surface area contributed by atoms with E-state index < -0.39 is 24.3 Å². The summed E-state index contributed by atoms with van der Waals surface area (Å²) in [6.45, 7) is 0.574. The van der Waals surface area contributed by atoms with Crippen LogP contribution in [0.4, 0.5) is 26.3 Å². The Morgan fingerprint density at radius 2 is 1.41 bits per heavy atom. The fourth-order valence-electron chi connectivity index (χ4n) is 3.79. The number of hydrogen-bond donors (Lipinski definition) is 3. The van der Waals surface area contributed by atoms with E-state index in [0.29, 0.717) is 12.7 Å². The second kappa shape index (κ2) is 14.5. The Hall–Kier alpha value is -3.68. The van der Waals surface area contributed by atoms with Gasteiger partial charge < -0.3 is 20.3 Å². The minimum absolute atomic E-state index is 0.0426. The first-order valence-electron chi connectivity index (χ1n) is 11.8. The van der Waals surface area contributed by atoms with E-state index in [4.69, 9.17) is 29.5 Å². The molecule has 8 nitrogen and oxygen atoms in total. The average molecular weight is 563 g/mol. The second-order valence-corrected chi connectivity index (χ2v) is 8.52. The maximum Gasteiger partial charge on any atom is 0.490 e. The molecule has 2 atom stereocenters. The number of ether oxygens (including phenoxy) is 1. The summed E-state index contributed by atoms with van der Waals surface area (Å²) in [4.78, 5) is 27.0. The molecule has 1 aromatic carbocycles. The van der Waals surface area contributed by atoms with Gasteiger partial charge in [0, 0.05) is 12.4 Å². The Morgan fingerprint density at radius 3 is 1.90 bits per heavy atom. The number of halogens is 6. The molecule has 2 aromatic rings. The molecule has 2 heterocycles. The first-order valence-corrected chi connectivity index (χ1v) is 11.8. The highest BCUT2D eigenvalue weighted by atomic mass is 19.4. The molecule has 0 amide bonds. The third-order valence-electron chi connectivity index (χ3n) is 5.61. The van der Waals surface area contributed by atoms with E-state index in [9.17, 15) is 26.3 Å². The van der Waals surface area contributed by atoms with Gasteiger partial charge in [0.1, 0.15) is 18.5 Å². The van der Waals surface area contributed by atoms with E-state index in [-0.39, 0.29) is 12.1 Å². The molecular formula is C25H27F6N3O5. The van der Waals surface area contributed by atoms with Crippen molar-refractivity contribution in [2.75, 3.05) is 6.61 Å². The molecule has 0 spiro atoms. The van der Waals surface area contributed by atoms with Crippen LogP contribution in [0.15, 0.2) is 59.9 Å².